The standard InChI is InChI=1S/C23H25ClN4/c1-2-28(16-12-24)15-6-14-26-22-18-8-3-4-9-20(18)27-23-19(22)11-10-17-7-5-13-25-21(17)23/h3-5,7-11,13H,2,6,12,14-16H2,1H3,(H,26,27). The number of fused-ring (bicyclic) bond motifs is 4. The Kier molecular flexibility index (Phi) is 5.89. The quantitative estimate of drug-likeness (QED) is 0.191. The Hall–Kier alpha value is -2.43. The van der Waals surface area contributed by atoms with Crippen molar-refractivity contribution >= 4 is 50.0 Å². The first kappa shape index (κ1) is 18.9. The zero-order valence-electron chi connectivity index (χ0n) is 16.2. The van der Waals surface area contributed by atoms with Gasteiger partial charge in [0.05, 0.1) is 22.2 Å². The maximum Gasteiger partial charge on any atom is 0.0993 e. The zero-order chi connectivity index (χ0) is 19.3. The van der Waals surface area contributed by atoms with E-state index in [1.807, 2.05) is 18.3 Å². The van der Waals surface area contributed by atoms with Crippen LogP contribution >= 0.6 is 11.6 Å². The molecule has 28 heavy (non-hydrogen) atoms. The van der Waals surface area contributed by atoms with Gasteiger partial charge >= 0.3 is 0 Å². The van der Waals surface area contributed by atoms with Crippen LogP contribution in [0, 0.1) is 0 Å². The van der Waals surface area contributed by atoms with Crippen molar-refractivity contribution in [3.8, 4) is 0 Å². The predicted molar refractivity (Wildman–Crippen MR) is 120 cm³/mol. The van der Waals surface area contributed by atoms with E-state index in [-0.39, 0.29) is 0 Å². The minimum Gasteiger partial charge on any atom is -0.384 e. The van der Waals surface area contributed by atoms with Crippen LogP contribution in [-0.2, 0) is 0 Å². The van der Waals surface area contributed by atoms with Crippen LogP contribution in [0.5, 0.6) is 0 Å². The molecule has 4 rings (SSSR count). The number of pyridine rings is 2. The Morgan fingerprint density at radius 3 is 2.71 bits per heavy atom. The lowest BCUT2D eigenvalue weighted by Crippen LogP contribution is -2.27. The summed E-state index contributed by atoms with van der Waals surface area (Å²) in [6.07, 6.45) is 2.90. The number of nitrogens with one attached hydrogen (secondary N) is 1. The third kappa shape index (κ3) is 3.75. The van der Waals surface area contributed by atoms with E-state index in [0.717, 1.165) is 71.0 Å². The number of benzene rings is 2. The molecule has 144 valence electrons. The van der Waals surface area contributed by atoms with Gasteiger partial charge in [-0.2, -0.15) is 0 Å². The van der Waals surface area contributed by atoms with Crippen LogP contribution in [0.3, 0.4) is 0 Å². The van der Waals surface area contributed by atoms with Gasteiger partial charge in [-0.15, -0.1) is 11.6 Å². The molecule has 0 aliphatic heterocycles. The van der Waals surface area contributed by atoms with Crippen molar-refractivity contribution in [2.75, 3.05) is 37.4 Å². The van der Waals surface area contributed by atoms with Gasteiger partial charge in [-0.05, 0) is 37.7 Å². The van der Waals surface area contributed by atoms with Crippen LogP contribution in [0.15, 0.2) is 54.7 Å². The molecule has 0 unspecified atom stereocenters. The molecule has 0 fully saturated rings. The summed E-state index contributed by atoms with van der Waals surface area (Å²) in [5.74, 6) is 0.682. The maximum atomic E-state index is 5.89. The van der Waals surface area contributed by atoms with Gasteiger partial charge in [-0.1, -0.05) is 37.3 Å². The molecule has 4 aromatic rings. The molecule has 0 aliphatic carbocycles. The highest BCUT2D eigenvalue weighted by molar-refractivity contribution is 6.18. The van der Waals surface area contributed by atoms with Crippen molar-refractivity contribution in [2.45, 2.75) is 13.3 Å². The van der Waals surface area contributed by atoms with Crippen molar-refractivity contribution in [3.63, 3.8) is 0 Å². The van der Waals surface area contributed by atoms with Gasteiger partial charge in [0.2, 0.25) is 0 Å². The summed E-state index contributed by atoms with van der Waals surface area (Å²) in [6.45, 7) is 6.11. The summed E-state index contributed by atoms with van der Waals surface area (Å²) < 4.78 is 0. The minimum atomic E-state index is 0.682. The van der Waals surface area contributed by atoms with Gasteiger partial charge in [-0.3, -0.25) is 4.98 Å². The Morgan fingerprint density at radius 1 is 0.964 bits per heavy atom. The molecule has 1 N–H and O–H groups in total. The number of halogens is 1. The van der Waals surface area contributed by atoms with E-state index in [1.165, 1.54) is 0 Å². The summed E-state index contributed by atoms with van der Waals surface area (Å²) in [7, 11) is 0. The predicted octanol–water partition coefficient (Wildman–Crippen LogP) is 5.30. The molecule has 4 nitrogen and oxygen atoms in total. The highest BCUT2D eigenvalue weighted by atomic mass is 35.5. The van der Waals surface area contributed by atoms with Crippen LogP contribution in [0.1, 0.15) is 13.3 Å². The number of aromatic nitrogens is 2. The van der Waals surface area contributed by atoms with Crippen molar-refractivity contribution in [2.24, 2.45) is 0 Å². The molecule has 0 saturated heterocycles. The molecular weight excluding hydrogens is 368 g/mol. The number of alkyl halides is 1. The summed E-state index contributed by atoms with van der Waals surface area (Å²) in [5, 5.41) is 7.08. The van der Waals surface area contributed by atoms with Crippen LogP contribution in [0.2, 0.25) is 0 Å². The topological polar surface area (TPSA) is 41.0 Å². The van der Waals surface area contributed by atoms with E-state index < -0.39 is 0 Å². The normalized spacial score (nSPS) is 11.7. The van der Waals surface area contributed by atoms with Crippen molar-refractivity contribution < 1.29 is 0 Å². The molecule has 0 atom stereocenters. The second-order valence-electron chi connectivity index (χ2n) is 6.94. The van der Waals surface area contributed by atoms with Gasteiger partial charge < -0.3 is 10.2 Å². The maximum absolute atomic E-state index is 5.89. The Balaban J connectivity index is 1.70. The smallest absolute Gasteiger partial charge is 0.0993 e. The molecule has 2 aromatic heterocycles. The number of rotatable bonds is 8. The van der Waals surface area contributed by atoms with Crippen molar-refractivity contribution in [1.29, 1.82) is 0 Å². The molecule has 0 saturated carbocycles. The summed E-state index contributed by atoms with van der Waals surface area (Å²) in [5.41, 5.74) is 4.05. The van der Waals surface area contributed by atoms with Gasteiger partial charge in [0, 0.05) is 41.3 Å². The van der Waals surface area contributed by atoms with E-state index in [0.29, 0.717) is 5.88 Å². The number of hydrogen-bond acceptors (Lipinski definition) is 4. The first-order valence-electron chi connectivity index (χ1n) is 9.90. The van der Waals surface area contributed by atoms with E-state index in [2.05, 4.69) is 58.5 Å². The van der Waals surface area contributed by atoms with Gasteiger partial charge in [0.15, 0.2) is 0 Å². The second kappa shape index (κ2) is 8.72. The average molecular weight is 393 g/mol. The van der Waals surface area contributed by atoms with Crippen LogP contribution in [-0.4, -0.2) is 46.9 Å². The molecular formula is C23H25ClN4. The molecule has 0 spiro atoms. The lowest BCUT2D eigenvalue weighted by atomic mass is 10.0. The summed E-state index contributed by atoms with van der Waals surface area (Å²) in [6, 6.07) is 16.7. The number of para-hydroxylation sites is 1. The number of nitrogens with zero attached hydrogens (tertiary/aromatic N) is 3. The lowest BCUT2D eigenvalue weighted by molar-refractivity contribution is 0.304. The van der Waals surface area contributed by atoms with E-state index in [1.54, 1.807) is 0 Å². The molecule has 5 heteroatoms. The first-order valence-corrected chi connectivity index (χ1v) is 10.4. The Labute approximate surface area is 170 Å². The minimum absolute atomic E-state index is 0.682. The monoisotopic (exact) mass is 392 g/mol. The van der Waals surface area contributed by atoms with Crippen LogP contribution < -0.4 is 5.32 Å². The number of hydrogen-bond donors (Lipinski definition) is 1. The lowest BCUT2D eigenvalue weighted by Gasteiger charge is -2.19. The third-order valence-electron chi connectivity index (χ3n) is 5.22. The second-order valence-corrected chi connectivity index (χ2v) is 7.32. The Morgan fingerprint density at radius 2 is 1.86 bits per heavy atom. The molecule has 2 aromatic carbocycles. The average Bonchev–Trinajstić information content (AvgIpc) is 2.75. The van der Waals surface area contributed by atoms with Gasteiger partial charge in [0.25, 0.3) is 0 Å². The van der Waals surface area contributed by atoms with Gasteiger partial charge in [-0.25, -0.2) is 4.98 Å². The SMILES string of the molecule is CCN(CCCl)CCCNc1c2ccccc2nc2c1ccc1cccnc12. The van der Waals surface area contributed by atoms with Gasteiger partial charge in [0.1, 0.15) is 0 Å². The van der Waals surface area contributed by atoms with E-state index in [4.69, 9.17) is 16.6 Å². The highest BCUT2D eigenvalue weighted by Crippen LogP contribution is 2.33. The largest absolute Gasteiger partial charge is 0.384 e. The van der Waals surface area contributed by atoms with Crippen molar-refractivity contribution in [1.82, 2.24) is 14.9 Å². The van der Waals surface area contributed by atoms with Crippen molar-refractivity contribution in [3.05, 3.63) is 54.7 Å². The third-order valence-corrected chi connectivity index (χ3v) is 5.39. The molecule has 2 heterocycles. The molecule has 0 amide bonds. The van der Waals surface area contributed by atoms with E-state index >= 15 is 0 Å². The fraction of sp³-hybridized carbons (Fsp3) is 0.304. The van der Waals surface area contributed by atoms with Crippen LogP contribution in [0.25, 0.3) is 32.7 Å². The fourth-order valence-electron chi connectivity index (χ4n) is 3.75. The molecule has 0 bridgehead atoms. The molecule has 0 radical (unpaired) electrons. The molecule has 0 aliphatic rings. The van der Waals surface area contributed by atoms with E-state index in [9.17, 15) is 0 Å². The zero-order valence-corrected chi connectivity index (χ0v) is 16.9. The number of anilines is 1. The summed E-state index contributed by atoms with van der Waals surface area (Å²) in [4.78, 5) is 11.9. The fourth-order valence-corrected chi connectivity index (χ4v) is 3.99. The first-order chi connectivity index (χ1) is 13.8. The Bertz CT molecular complexity index is 1100. The summed E-state index contributed by atoms with van der Waals surface area (Å²) >= 11 is 5.89. The highest BCUT2D eigenvalue weighted by Gasteiger charge is 2.12. The van der Waals surface area contributed by atoms with Crippen LogP contribution in [0.4, 0.5) is 5.69 Å².